The van der Waals surface area contributed by atoms with E-state index in [2.05, 4.69) is 5.32 Å². The highest BCUT2D eigenvalue weighted by atomic mass is 35.5. The maximum atomic E-state index is 13.5. The molecule has 1 saturated heterocycles. The second kappa shape index (κ2) is 7.61. The molecule has 2 aromatic carbocycles. The number of nitrogens with zero attached hydrogens (tertiary/aromatic N) is 1. The van der Waals surface area contributed by atoms with Crippen LogP contribution in [0.5, 0.6) is 0 Å². The summed E-state index contributed by atoms with van der Waals surface area (Å²) in [4.78, 5) is 0.270. The third-order valence-corrected chi connectivity index (χ3v) is 5.98. The molecule has 7 heteroatoms. The SMILES string of the molecule is Cc1ccc(S(=O)(=O)N2CCNCC2c2cccc(F)c2)cc1.Cl. The molecule has 1 heterocycles. The normalized spacial score (nSPS) is 18.8. The Morgan fingerprint density at radius 2 is 1.88 bits per heavy atom. The van der Waals surface area contributed by atoms with Crippen LogP contribution in [-0.2, 0) is 10.0 Å². The van der Waals surface area contributed by atoms with E-state index in [1.54, 1.807) is 36.4 Å². The van der Waals surface area contributed by atoms with E-state index in [1.807, 2.05) is 6.92 Å². The van der Waals surface area contributed by atoms with Crippen molar-refractivity contribution in [2.24, 2.45) is 0 Å². The average Bonchev–Trinajstić information content (AvgIpc) is 2.55. The van der Waals surface area contributed by atoms with Crippen LogP contribution >= 0.6 is 12.4 Å². The van der Waals surface area contributed by atoms with Gasteiger partial charge >= 0.3 is 0 Å². The fourth-order valence-electron chi connectivity index (χ4n) is 2.82. The van der Waals surface area contributed by atoms with Gasteiger partial charge in [0.1, 0.15) is 5.82 Å². The van der Waals surface area contributed by atoms with Crippen molar-refractivity contribution in [2.45, 2.75) is 17.9 Å². The van der Waals surface area contributed by atoms with Crippen LogP contribution in [0.15, 0.2) is 53.4 Å². The van der Waals surface area contributed by atoms with Crippen molar-refractivity contribution in [1.82, 2.24) is 9.62 Å². The minimum absolute atomic E-state index is 0. The quantitative estimate of drug-likeness (QED) is 0.903. The lowest BCUT2D eigenvalue weighted by Crippen LogP contribution is -2.48. The Morgan fingerprint density at radius 1 is 1.17 bits per heavy atom. The summed E-state index contributed by atoms with van der Waals surface area (Å²) in [5.74, 6) is -0.360. The van der Waals surface area contributed by atoms with Crippen LogP contribution in [0.4, 0.5) is 4.39 Å². The third-order valence-electron chi connectivity index (χ3n) is 4.06. The molecule has 0 aromatic heterocycles. The molecule has 4 nitrogen and oxygen atoms in total. The first kappa shape index (κ1) is 18.9. The lowest BCUT2D eigenvalue weighted by molar-refractivity contribution is 0.271. The van der Waals surface area contributed by atoms with Crippen LogP contribution in [0.2, 0.25) is 0 Å². The molecule has 0 radical (unpaired) electrons. The van der Waals surface area contributed by atoms with Gasteiger partial charge in [0.2, 0.25) is 10.0 Å². The monoisotopic (exact) mass is 370 g/mol. The Labute approximate surface area is 148 Å². The van der Waals surface area contributed by atoms with E-state index in [0.717, 1.165) is 5.56 Å². The zero-order valence-corrected chi connectivity index (χ0v) is 14.9. The smallest absolute Gasteiger partial charge is 0.243 e. The first-order chi connectivity index (χ1) is 11.0. The van der Waals surface area contributed by atoms with Crippen molar-refractivity contribution in [2.75, 3.05) is 19.6 Å². The van der Waals surface area contributed by atoms with Crippen molar-refractivity contribution < 1.29 is 12.8 Å². The van der Waals surface area contributed by atoms with Gasteiger partial charge in [0.15, 0.2) is 0 Å². The molecule has 0 amide bonds. The zero-order valence-electron chi connectivity index (χ0n) is 13.3. The van der Waals surface area contributed by atoms with Gasteiger partial charge in [-0.15, -0.1) is 12.4 Å². The van der Waals surface area contributed by atoms with E-state index >= 15 is 0 Å². The molecule has 1 unspecified atom stereocenters. The molecule has 130 valence electrons. The maximum Gasteiger partial charge on any atom is 0.243 e. The van der Waals surface area contributed by atoms with Crippen LogP contribution in [0.1, 0.15) is 17.2 Å². The second-order valence-corrected chi connectivity index (χ2v) is 7.59. The summed E-state index contributed by atoms with van der Waals surface area (Å²) in [7, 11) is -3.62. The second-order valence-electron chi connectivity index (χ2n) is 5.70. The number of hydrogen-bond donors (Lipinski definition) is 1. The Kier molecular flexibility index (Phi) is 5.98. The molecule has 3 rings (SSSR count). The first-order valence-corrected chi connectivity index (χ1v) is 8.97. The number of benzene rings is 2. The molecular formula is C17H20ClFN2O2S. The van der Waals surface area contributed by atoms with Crippen LogP contribution < -0.4 is 5.32 Å². The molecule has 0 aliphatic carbocycles. The van der Waals surface area contributed by atoms with Gasteiger partial charge in [-0.2, -0.15) is 4.31 Å². The molecular weight excluding hydrogens is 351 g/mol. The largest absolute Gasteiger partial charge is 0.313 e. The van der Waals surface area contributed by atoms with Crippen molar-refractivity contribution in [3.8, 4) is 0 Å². The molecule has 2 aromatic rings. The molecule has 1 N–H and O–H groups in total. The van der Waals surface area contributed by atoms with E-state index < -0.39 is 16.1 Å². The Hall–Kier alpha value is -1.47. The maximum absolute atomic E-state index is 13.5. The number of halogens is 2. The summed E-state index contributed by atoms with van der Waals surface area (Å²) in [5.41, 5.74) is 1.67. The predicted octanol–water partition coefficient (Wildman–Crippen LogP) is 2.89. The van der Waals surface area contributed by atoms with Gasteiger partial charge in [-0.05, 0) is 36.8 Å². The molecule has 1 fully saturated rings. The summed E-state index contributed by atoms with van der Waals surface area (Å²) >= 11 is 0. The molecule has 0 saturated carbocycles. The molecule has 1 aliphatic rings. The summed E-state index contributed by atoms with van der Waals surface area (Å²) in [5, 5.41) is 3.19. The van der Waals surface area contributed by atoms with Crippen LogP contribution in [0.25, 0.3) is 0 Å². The van der Waals surface area contributed by atoms with E-state index in [4.69, 9.17) is 0 Å². The number of sulfonamides is 1. The first-order valence-electron chi connectivity index (χ1n) is 7.53. The minimum atomic E-state index is -3.62. The highest BCUT2D eigenvalue weighted by molar-refractivity contribution is 7.89. The number of nitrogens with one attached hydrogen (secondary N) is 1. The van der Waals surface area contributed by atoms with E-state index in [9.17, 15) is 12.8 Å². The molecule has 0 bridgehead atoms. The summed E-state index contributed by atoms with van der Waals surface area (Å²) in [6.07, 6.45) is 0. The number of rotatable bonds is 3. The summed E-state index contributed by atoms with van der Waals surface area (Å²) in [6.45, 7) is 3.32. The fourth-order valence-corrected chi connectivity index (χ4v) is 4.43. The van der Waals surface area contributed by atoms with Gasteiger partial charge < -0.3 is 5.32 Å². The van der Waals surface area contributed by atoms with Gasteiger partial charge in [0.25, 0.3) is 0 Å². The predicted molar refractivity (Wildman–Crippen MR) is 94.3 cm³/mol. The van der Waals surface area contributed by atoms with Gasteiger partial charge in [0, 0.05) is 19.6 Å². The van der Waals surface area contributed by atoms with Crippen LogP contribution in [0, 0.1) is 12.7 Å². The minimum Gasteiger partial charge on any atom is -0.313 e. The standard InChI is InChI=1S/C17H19FN2O2S.ClH/c1-13-5-7-16(8-6-13)23(21,22)20-10-9-19-12-17(20)14-3-2-4-15(18)11-14;/h2-8,11,17,19H,9-10,12H2,1H3;1H. The van der Waals surface area contributed by atoms with Gasteiger partial charge in [0.05, 0.1) is 10.9 Å². The lowest BCUT2D eigenvalue weighted by atomic mass is 10.1. The topological polar surface area (TPSA) is 49.4 Å². The number of piperazine rings is 1. The average molecular weight is 371 g/mol. The molecule has 1 atom stereocenters. The van der Waals surface area contributed by atoms with Gasteiger partial charge in [-0.25, -0.2) is 12.8 Å². The van der Waals surface area contributed by atoms with Gasteiger partial charge in [-0.1, -0.05) is 29.8 Å². The highest BCUT2D eigenvalue weighted by Crippen LogP contribution is 2.29. The van der Waals surface area contributed by atoms with Crippen LogP contribution in [0.3, 0.4) is 0 Å². The number of aryl methyl sites for hydroxylation is 1. The summed E-state index contributed by atoms with van der Waals surface area (Å²) in [6, 6.07) is 12.5. The van der Waals surface area contributed by atoms with Crippen molar-refractivity contribution in [3.63, 3.8) is 0 Å². The Balaban J connectivity index is 0.00000208. The number of hydrogen-bond acceptors (Lipinski definition) is 3. The molecule has 0 spiro atoms. The lowest BCUT2D eigenvalue weighted by Gasteiger charge is -2.35. The molecule has 24 heavy (non-hydrogen) atoms. The Morgan fingerprint density at radius 3 is 2.54 bits per heavy atom. The van der Waals surface area contributed by atoms with Crippen molar-refractivity contribution in [1.29, 1.82) is 0 Å². The van der Waals surface area contributed by atoms with E-state index in [-0.39, 0.29) is 23.1 Å². The van der Waals surface area contributed by atoms with Crippen LogP contribution in [-0.4, -0.2) is 32.4 Å². The van der Waals surface area contributed by atoms with Gasteiger partial charge in [-0.3, -0.25) is 0 Å². The van der Waals surface area contributed by atoms with E-state index in [1.165, 1.54) is 16.4 Å². The van der Waals surface area contributed by atoms with Crippen molar-refractivity contribution >= 4 is 22.4 Å². The molecule has 1 aliphatic heterocycles. The Bertz CT molecular complexity index is 796. The highest BCUT2D eigenvalue weighted by Gasteiger charge is 2.34. The van der Waals surface area contributed by atoms with E-state index in [0.29, 0.717) is 25.2 Å². The van der Waals surface area contributed by atoms with Crippen molar-refractivity contribution in [3.05, 3.63) is 65.5 Å². The zero-order chi connectivity index (χ0) is 16.4. The third kappa shape index (κ3) is 3.78. The fraction of sp³-hybridized carbons (Fsp3) is 0.294. The summed E-state index contributed by atoms with van der Waals surface area (Å²) < 4.78 is 40.9.